The summed E-state index contributed by atoms with van der Waals surface area (Å²) in [5, 5.41) is 2.20. The number of anilines is 1. The van der Waals surface area contributed by atoms with Gasteiger partial charge in [0.05, 0.1) is 12.8 Å². The number of ether oxygens (including phenoxy) is 1. The quantitative estimate of drug-likeness (QED) is 0.691. The fourth-order valence-corrected chi connectivity index (χ4v) is 2.60. The standard InChI is InChI=1S/C19H16N2O4/c1-12-6-5-8-14(10-12)21-18(23)15(17(22)20-19(21)24)11-13-7-3-4-9-16(13)25-2/h3-11H,1-2H3,(H,20,22,24). The van der Waals surface area contributed by atoms with Crippen LogP contribution >= 0.6 is 0 Å². The Hall–Kier alpha value is -3.41. The summed E-state index contributed by atoms with van der Waals surface area (Å²) >= 11 is 0. The molecule has 1 heterocycles. The molecule has 0 aromatic heterocycles. The Morgan fingerprint density at radius 3 is 2.52 bits per heavy atom. The summed E-state index contributed by atoms with van der Waals surface area (Å²) in [7, 11) is 1.50. The molecule has 0 spiro atoms. The number of carbonyl (C=O) groups excluding carboxylic acids is 3. The number of para-hydroxylation sites is 1. The van der Waals surface area contributed by atoms with Crippen LogP contribution in [0.4, 0.5) is 10.5 Å². The lowest BCUT2D eigenvalue weighted by molar-refractivity contribution is -0.122. The van der Waals surface area contributed by atoms with Crippen molar-refractivity contribution in [3.8, 4) is 5.75 Å². The van der Waals surface area contributed by atoms with Crippen molar-refractivity contribution in [3.63, 3.8) is 0 Å². The van der Waals surface area contributed by atoms with Gasteiger partial charge in [0, 0.05) is 5.56 Å². The first-order valence-electron chi connectivity index (χ1n) is 7.62. The second kappa shape index (κ2) is 6.60. The van der Waals surface area contributed by atoms with Crippen molar-refractivity contribution in [2.24, 2.45) is 0 Å². The minimum absolute atomic E-state index is 0.134. The van der Waals surface area contributed by atoms with Crippen molar-refractivity contribution in [3.05, 3.63) is 65.2 Å². The number of amides is 4. The van der Waals surface area contributed by atoms with Gasteiger partial charge in [-0.15, -0.1) is 0 Å². The van der Waals surface area contributed by atoms with Gasteiger partial charge in [-0.25, -0.2) is 9.69 Å². The molecule has 1 N–H and O–H groups in total. The summed E-state index contributed by atoms with van der Waals surface area (Å²) in [4.78, 5) is 38.1. The Kier molecular flexibility index (Phi) is 4.35. The summed E-state index contributed by atoms with van der Waals surface area (Å²) in [6, 6.07) is 13.2. The van der Waals surface area contributed by atoms with Crippen LogP contribution < -0.4 is 15.0 Å². The molecule has 0 bridgehead atoms. The van der Waals surface area contributed by atoms with E-state index in [0.717, 1.165) is 10.5 Å². The van der Waals surface area contributed by atoms with Gasteiger partial charge in [0.25, 0.3) is 11.8 Å². The number of methoxy groups -OCH3 is 1. The lowest BCUT2D eigenvalue weighted by Crippen LogP contribution is -2.54. The van der Waals surface area contributed by atoms with Crippen LogP contribution in [0.1, 0.15) is 11.1 Å². The fraction of sp³-hybridized carbons (Fsp3) is 0.105. The fourth-order valence-electron chi connectivity index (χ4n) is 2.60. The number of rotatable bonds is 3. The SMILES string of the molecule is COc1ccccc1C=C1C(=O)NC(=O)N(c2cccc(C)c2)C1=O. The third kappa shape index (κ3) is 3.14. The van der Waals surface area contributed by atoms with Crippen LogP contribution in [0.5, 0.6) is 5.75 Å². The smallest absolute Gasteiger partial charge is 0.335 e. The third-order valence-corrected chi connectivity index (χ3v) is 3.80. The van der Waals surface area contributed by atoms with Crippen molar-refractivity contribution in [2.75, 3.05) is 12.0 Å². The summed E-state index contributed by atoms with van der Waals surface area (Å²) in [5.41, 5.74) is 1.74. The van der Waals surface area contributed by atoms with Crippen LogP contribution in [0.15, 0.2) is 54.1 Å². The first kappa shape index (κ1) is 16.4. The minimum Gasteiger partial charge on any atom is -0.496 e. The molecule has 6 heteroatoms. The van der Waals surface area contributed by atoms with Gasteiger partial charge in [-0.3, -0.25) is 14.9 Å². The molecular weight excluding hydrogens is 320 g/mol. The van der Waals surface area contributed by atoms with E-state index < -0.39 is 17.8 Å². The van der Waals surface area contributed by atoms with Crippen LogP contribution in [0, 0.1) is 6.92 Å². The topological polar surface area (TPSA) is 75.7 Å². The van der Waals surface area contributed by atoms with Gasteiger partial charge in [0.1, 0.15) is 11.3 Å². The highest BCUT2D eigenvalue weighted by Crippen LogP contribution is 2.25. The maximum absolute atomic E-state index is 12.8. The van der Waals surface area contributed by atoms with Crippen LogP contribution in [0.25, 0.3) is 6.08 Å². The maximum atomic E-state index is 12.8. The Balaban J connectivity index is 2.05. The van der Waals surface area contributed by atoms with Crippen LogP contribution in [-0.2, 0) is 9.59 Å². The predicted molar refractivity (Wildman–Crippen MR) is 93.2 cm³/mol. The van der Waals surface area contributed by atoms with Crippen LogP contribution in [0.2, 0.25) is 0 Å². The number of hydrogen-bond donors (Lipinski definition) is 1. The number of hydrogen-bond acceptors (Lipinski definition) is 4. The highest BCUT2D eigenvalue weighted by atomic mass is 16.5. The van der Waals surface area contributed by atoms with E-state index in [0.29, 0.717) is 17.0 Å². The Labute approximate surface area is 144 Å². The Bertz CT molecular complexity index is 902. The average Bonchev–Trinajstić information content (AvgIpc) is 2.59. The largest absolute Gasteiger partial charge is 0.496 e. The molecule has 1 fully saturated rings. The van der Waals surface area contributed by atoms with Crippen molar-refractivity contribution >= 4 is 29.6 Å². The number of urea groups is 1. The highest BCUT2D eigenvalue weighted by molar-refractivity contribution is 6.39. The van der Waals surface area contributed by atoms with Gasteiger partial charge < -0.3 is 4.74 Å². The van der Waals surface area contributed by atoms with E-state index in [1.807, 2.05) is 13.0 Å². The zero-order valence-electron chi connectivity index (χ0n) is 13.8. The zero-order valence-corrected chi connectivity index (χ0v) is 13.8. The normalized spacial score (nSPS) is 16.2. The van der Waals surface area contributed by atoms with Gasteiger partial charge in [0.2, 0.25) is 0 Å². The highest BCUT2D eigenvalue weighted by Gasteiger charge is 2.36. The van der Waals surface area contributed by atoms with Crippen LogP contribution in [-0.4, -0.2) is 25.0 Å². The summed E-state index contributed by atoms with van der Waals surface area (Å²) < 4.78 is 5.24. The van der Waals surface area contributed by atoms with Gasteiger partial charge in [-0.2, -0.15) is 0 Å². The molecule has 3 rings (SSSR count). The molecule has 0 atom stereocenters. The maximum Gasteiger partial charge on any atom is 0.335 e. The van der Waals surface area contributed by atoms with Crippen molar-refractivity contribution in [1.82, 2.24) is 5.32 Å². The van der Waals surface area contributed by atoms with E-state index in [9.17, 15) is 14.4 Å². The second-order valence-corrected chi connectivity index (χ2v) is 5.54. The summed E-state index contributed by atoms with van der Waals surface area (Å²) in [5.74, 6) is -0.885. The molecule has 0 unspecified atom stereocenters. The first-order valence-corrected chi connectivity index (χ1v) is 7.62. The predicted octanol–water partition coefficient (Wildman–Crippen LogP) is 2.67. The zero-order chi connectivity index (χ0) is 18.0. The number of carbonyl (C=O) groups is 3. The monoisotopic (exact) mass is 336 g/mol. The molecule has 0 aliphatic carbocycles. The molecule has 0 saturated carbocycles. The van der Waals surface area contributed by atoms with Gasteiger partial charge >= 0.3 is 6.03 Å². The molecule has 126 valence electrons. The minimum atomic E-state index is -0.766. The van der Waals surface area contributed by atoms with E-state index in [1.54, 1.807) is 42.5 Å². The number of barbiturate groups is 1. The molecule has 2 aromatic rings. The Morgan fingerprint density at radius 1 is 1.04 bits per heavy atom. The molecule has 1 aliphatic heterocycles. The molecule has 1 saturated heterocycles. The molecular formula is C19H16N2O4. The average molecular weight is 336 g/mol. The van der Waals surface area contributed by atoms with Gasteiger partial charge in [0.15, 0.2) is 0 Å². The lowest BCUT2D eigenvalue weighted by atomic mass is 10.1. The second-order valence-electron chi connectivity index (χ2n) is 5.54. The van der Waals surface area contributed by atoms with E-state index in [2.05, 4.69) is 5.32 Å². The van der Waals surface area contributed by atoms with Gasteiger partial charge in [-0.1, -0.05) is 30.3 Å². The van der Waals surface area contributed by atoms with Crippen molar-refractivity contribution < 1.29 is 19.1 Å². The molecule has 6 nitrogen and oxygen atoms in total. The molecule has 0 radical (unpaired) electrons. The van der Waals surface area contributed by atoms with E-state index in [-0.39, 0.29) is 5.57 Å². The molecule has 1 aliphatic rings. The summed E-state index contributed by atoms with van der Waals surface area (Å²) in [6.07, 6.45) is 1.42. The number of aryl methyl sites for hydroxylation is 1. The van der Waals surface area contributed by atoms with Gasteiger partial charge in [-0.05, 0) is 36.8 Å². The van der Waals surface area contributed by atoms with Crippen molar-refractivity contribution in [2.45, 2.75) is 6.92 Å². The molecule has 25 heavy (non-hydrogen) atoms. The van der Waals surface area contributed by atoms with E-state index >= 15 is 0 Å². The van der Waals surface area contributed by atoms with Crippen LogP contribution in [0.3, 0.4) is 0 Å². The molecule has 2 aromatic carbocycles. The number of nitrogens with one attached hydrogen (secondary N) is 1. The lowest BCUT2D eigenvalue weighted by Gasteiger charge is -2.26. The van der Waals surface area contributed by atoms with E-state index in [4.69, 9.17) is 4.74 Å². The molecule has 4 amide bonds. The van der Waals surface area contributed by atoms with E-state index in [1.165, 1.54) is 13.2 Å². The Morgan fingerprint density at radius 2 is 1.80 bits per heavy atom. The third-order valence-electron chi connectivity index (χ3n) is 3.80. The summed E-state index contributed by atoms with van der Waals surface area (Å²) in [6.45, 7) is 1.85. The number of imide groups is 2. The number of benzene rings is 2. The van der Waals surface area contributed by atoms with Crippen molar-refractivity contribution in [1.29, 1.82) is 0 Å². The first-order chi connectivity index (χ1) is 12.0. The number of nitrogens with zero attached hydrogens (tertiary/aromatic N) is 1.